The van der Waals surface area contributed by atoms with Crippen LogP contribution in [0.25, 0.3) is 0 Å². The molecule has 0 heterocycles. The van der Waals surface area contributed by atoms with Crippen LogP contribution in [-0.4, -0.2) is 0 Å². The smallest absolute Gasteiger partial charge is 0.0654 e. The van der Waals surface area contributed by atoms with E-state index in [1.807, 2.05) is 30.3 Å². The van der Waals surface area contributed by atoms with Crippen LogP contribution in [0.1, 0.15) is 11.1 Å². The third-order valence-electron chi connectivity index (χ3n) is 2.53. The average Bonchev–Trinajstić information content (AvgIpc) is 2.33. The lowest BCUT2D eigenvalue weighted by atomic mass is 10.0. The lowest BCUT2D eigenvalue weighted by Gasteiger charge is -2.11. The Kier molecular flexibility index (Phi) is 3.82. The number of hydrogen-bond acceptors (Lipinski definition) is 1. The summed E-state index contributed by atoms with van der Waals surface area (Å²) in [6.45, 7) is 0. The molecule has 0 bridgehead atoms. The van der Waals surface area contributed by atoms with Gasteiger partial charge in [0.15, 0.2) is 0 Å². The van der Waals surface area contributed by atoms with E-state index in [-0.39, 0.29) is 0 Å². The van der Waals surface area contributed by atoms with E-state index in [1.165, 1.54) is 0 Å². The molecule has 2 aromatic carbocycles. The Morgan fingerprint density at radius 2 is 1.59 bits per heavy atom. The zero-order chi connectivity index (χ0) is 12.4. The monoisotopic (exact) mass is 285 g/mol. The van der Waals surface area contributed by atoms with Crippen molar-refractivity contribution in [3.8, 4) is 0 Å². The molecule has 1 nitrogen and oxygen atoms in total. The topological polar surface area (TPSA) is 26.0 Å². The molecule has 88 valence electrons. The molecule has 2 rings (SSSR count). The first-order valence-corrected chi connectivity index (χ1v) is 6.18. The number of rotatable bonds is 2. The van der Waals surface area contributed by atoms with Crippen molar-refractivity contribution >= 4 is 40.5 Å². The van der Waals surface area contributed by atoms with Gasteiger partial charge in [0.1, 0.15) is 0 Å². The summed E-state index contributed by atoms with van der Waals surface area (Å²) in [6, 6.07) is 11.5. The van der Waals surface area contributed by atoms with E-state index in [9.17, 15) is 0 Å². The van der Waals surface area contributed by atoms with Gasteiger partial charge in [-0.2, -0.15) is 0 Å². The zero-order valence-electron chi connectivity index (χ0n) is 8.88. The van der Waals surface area contributed by atoms with E-state index in [2.05, 4.69) is 0 Å². The van der Waals surface area contributed by atoms with Gasteiger partial charge in [0.05, 0.1) is 20.8 Å². The Hall–Kier alpha value is -0.890. The minimum absolute atomic E-state index is 0.428. The van der Waals surface area contributed by atoms with Gasteiger partial charge in [0.2, 0.25) is 0 Å². The fourth-order valence-corrected chi connectivity index (χ4v) is 2.36. The number of anilines is 1. The van der Waals surface area contributed by atoms with Crippen molar-refractivity contribution in [1.29, 1.82) is 0 Å². The Morgan fingerprint density at radius 1 is 0.941 bits per heavy atom. The summed E-state index contributed by atoms with van der Waals surface area (Å²) in [5.41, 5.74) is 8.30. The molecule has 0 aliphatic carbocycles. The van der Waals surface area contributed by atoms with Gasteiger partial charge >= 0.3 is 0 Å². The van der Waals surface area contributed by atoms with Crippen molar-refractivity contribution in [3.63, 3.8) is 0 Å². The standard InChI is InChI=1S/C13H10Cl3N/c14-10-7-11(15)13(17)9(12(10)16)6-8-4-2-1-3-5-8/h1-5,7H,6,17H2. The molecule has 2 N–H and O–H groups in total. The molecular weight excluding hydrogens is 277 g/mol. The van der Waals surface area contributed by atoms with E-state index in [4.69, 9.17) is 40.5 Å². The van der Waals surface area contributed by atoms with Crippen LogP contribution in [0.3, 0.4) is 0 Å². The van der Waals surface area contributed by atoms with Crippen LogP contribution in [0, 0.1) is 0 Å². The zero-order valence-corrected chi connectivity index (χ0v) is 11.2. The molecule has 0 amide bonds. The summed E-state index contributed by atoms with van der Waals surface area (Å²) in [7, 11) is 0. The highest BCUT2D eigenvalue weighted by atomic mass is 35.5. The van der Waals surface area contributed by atoms with Gasteiger partial charge in [0, 0.05) is 12.0 Å². The highest BCUT2D eigenvalue weighted by Gasteiger charge is 2.13. The molecule has 2 aromatic rings. The number of halogens is 3. The maximum absolute atomic E-state index is 6.15. The van der Waals surface area contributed by atoms with E-state index in [1.54, 1.807) is 6.07 Å². The average molecular weight is 287 g/mol. The number of hydrogen-bond donors (Lipinski definition) is 1. The fourth-order valence-electron chi connectivity index (χ4n) is 1.63. The highest BCUT2D eigenvalue weighted by Crippen LogP contribution is 2.36. The van der Waals surface area contributed by atoms with Gasteiger partial charge in [-0.3, -0.25) is 0 Å². The number of nitrogen functional groups attached to an aromatic ring is 1. The largest absolute Gasteiger partial charge is 0.397 e. The summed E-state index contributed by atoms with van der Waals surface area (Å²) < 4.78 is 0. The van der Waals surface area contributed by atoms with Crippen LogP contribution in [0.4, 0.5) is 5.69 Å². The molecule has 0 aliphatic rings. The van der Waals surface area contributed by atoms with Gasteiger partial charge in [-0.05, 0) is 11.6 Å². The lowest BCUT2D eigenvalue weighted by Crippen LogP contribution is -1.98. The SMILES string of the molecule is Nc1c(Cl)cc(Cl)c(Cl)c1Cc1ccccc1. The summed E-state index contributed by atoms with van der Waals surface area (Å²) in [5, 5.41) is 1.33. The van der Waals surface area contributed by atoms with Crippen molar-refractivity contribution < 1.29 is 0 Å². The van der Waals surface area contributed by atoms with Gasteiger partial charge in [0.25, 0.3) is 0 Å². The van der Waals surface area contributed by atoms with Crippen LogP contribution in [-0.2, 0) is 6.42 Å². The Morgan fingerprint density at radius 3 is 2.24 bits per heavy atom. The minimum atomic E-state index is 0.428. The molecule has 0 fully saturated rings. The molecule has 0 unspecified atom stereocenters. The predicted molar refractivity (Wildman–Crippen MR) is 75.1 cm³/mol. The second-order valence-corrected chi connectivity index (χ2v) is 4.90. The minimum Gasteiger partial charge on any atom is -0.397 e. The van der Waals surface area contributed by atoms with Crippen LogP contribution < -0.4 is 5.73 Å². The molecular formula is C13H10Cl3N. The summed E-state index contributed by atoms with van der Waals surface area (Å²) in [4.78, 5) is 0. The third-order valence-corrected chi connectivity index (χ3v) is 3.67. The van der Waals surface area contributed by atoms with Gasteiger partial charge in [-0.1, -0.05) is 65.1 Å². The lowest BCUT2D eigenvalue weighted by molar-refractivity contribution is 1.20. The van der Waals surface area contributed by atoms with Crippen molar-refractivity contribution in [2.75, 3.05) is 5.73 Å². The fraction of sp³-hybridized carbons (Fsp3) is 0.0769. The van der Waals surface area contributed by atoms with E-state index >= 15 is 0 Å². The third kappa shape index (κ3) is 2.68. The number of benzene rings is 2. The van der Waals surface area contributed by atoms with Crippen LogP contribution >= 0.6 is 34.8 Å². The van der Waals surface area contributed by atoms with Crippen molar-refractivity contribution in [2.45, 2.75) is 6.42 Å². The molecule has 0 aromatic heterocycles. The molecule has 0 saturated heterocycles. The summed E-state index contributed by atoms with van der Waals surface area (Å²) in [6.07, 6.45) is 0.617. The van der Waals surface area contributed by atoms with Gasteiger partial charge < -0.3 is 5.73 Å². The van der Waals surface area contributed by atoms with Crippen molar-refractivity contribution in [3.05, 3.63) is 62.6 Å². The molecule has 0 radical (unpaired) electrons. The number of nitrogens with two attached hydrogens (primary N) is 1. The van der Waals surface area contributed by atoms with Crippen LogP contribution in [0.15, 0.2) is 36.4 Å². The van der Waals surface area contributed by atoms with Crippen LogP contribution in [0.2, 0.25) is 15.1 Å². The molecule has 0 spiro atoms. The maximum Gasteiger partial charge on any atom is 0.0654 e. The molecule has 0 saturated carbocycles. The predicted octanol–water partition coefficient (Wildman–Crippen LogP) is 4.82. The first-order valence-electron chi connectivity index (χ1n) is 5.05. The first-order chi connectivity index (χ1) is 8.09. The normalized spacial score (nSPS) is 10.5. The van der Waals surface area contributed by atoms with Gasteiger partial charge in [-0.15, -0.1) is 0 Å². The molecule has 0 atom stereocenters. The quantitative estimate of drug-likeness (QED) is 0.621. The second-order valence-electron chi connectivity index (χ2n) is 3.71. The Bertz CT molecular complexity index is 512. The second kappa shape index (κ2) is 5.18. The molecule has 0 aliphatic heterocycles. The maximum atomic E-state index is 6.15. The van der Waals surface area contributed by atoms with Gasteiger partial charge in [-0.25, -0.2) is 0 Å². The summed E-state index contributed by atoms with van der Waals surface area (Å²) in [5.74, 6) is 0. The Balaban J connectivity index is 2.46. The van der Waals surface area contributed by atoms with Crippen molar-refractivity contribution in [2.24, 2.45) is 0 Å². The first kappa shape index (κ1) is 12.6. The molecule has 17 heavy (non-hydrogen) atoms. The molecule has 4 heteroatoms. The van der Waals surface area contributed by atoms with Crippen LogP contribution in [0.5, 0.6) is 0 Å². The summed E-state index contributed by atoms with van der Waals surface area (Å²) >= 11 is 18.1. The Labute approximate surface area is 115 Å². The van der Waals surface area contributed by atoms with E-state index < -0.39 is 0 Å². The van der Waals surface area contributed by atoms with Crippen molar-refractivity contribution in [1.82, 2.24) is 0 Å². The highest BCUT2D eigenvalue weighted by molar-refractivity contribution is 6.44. The van der Waals surface area contributed by atoms with E-state index in [0.29, 0.717) is 27.2 Å². The van der Waals surface area contributed by atoms with E-state index in [0.717, 1.165) is 11.1 Å².